The minimum absolute atomic E-state index is 0.0201. The molecule has 0 aromatic carbocycles. The first-order valence-corrected chi connectivity index (χ1v) is 6.83. The number of hydrogen-bond acceptors (Lipinski definition) is 5. The smallest absolute Gasteiger partial charge is 0.410 e. The molecule has 1 aromatic rings. The quantitative estimate of drug-likeness (QED) is 0.797. The molecule has 3 amide bonds. The van der Waals surface area contributed by atoms with Crippen LogP contribution in [0.15, 0.2) is 12.1 Å². The van der Waals surface area contributed by atoms with Gasteiger partial charge in [0, 0.05) is 9.75 Å². The fourth-order valence-electron chi connectivity index (χ4n) is 1.87. The van der Waals surface area contributed by atoms with Gasteiger partial charge in [0.1, 0.15) is 12.6 Å². The van der Waals surface area contributed by atoms with Crippen molar-refractivity contribution in [2.45, 2.75) is 19.5 Å². The van der Waals surface area contributed by atoms with E-state index >= 15 is 0 Å². The van der Waals surface area contributed by atoms with Crippen LogP contribution in [0.2, 0.25) is 0 Å². The monoisotopic (exact) mass is 297 g/mol. The number of hydrogen-bond donors (Lipinski definition) is 2. The molecule has 1 saturated heterocycles. The molecule has 2 rings (SSSR count). The summed E-state index contributed by atoms with van der Waals surface area (Å²) in [6, 6.07) is 3.12. The summed E-state index contributed by atoms with van der Waals surface area (Å²) in [6.07, 6.45) is -0.532. The number of aryl methyl sites for hydroxylation is 1. The molecule has 1 atom stereocenters. The van der Waals surface area contributed by atoms with E-state index in [-0.39, 0.29) is 13.2 Å². The molecule has 7 nitrogen and oxygen atoms in total. The number of primary amides is 1. The van der Waals surface area contributed by atoms with Crippen molar-refractivity contribution in [3.05, 3.63) is 21.9 Å². The van der Waals surface area contributed by atoms with Gasteiger partial charge in [0.2, 0.25) is 11.8 Å². The molecule has 1 aromatic heterocycles. The van der Waals surface area contributed by atoms with Crippen molar-refractivity contribution in [3.8, 4) is 0 Å². The Labute approximate surface area is 119 Å². The lowest BCUT2D eigenvalue weighted by Gasteiger charge is -2.19. The average Bonchev–Trinajstić information content (AvgIpc) is 2.95. The van der Waals surface area contributed by atoms with Crippen molar-refractivity contribution >= 4 is 29.2 Å². The molecular formula is C12H15N3O4S. The maximum Gasteiger partial charge on any atom is 0.410 e. The third-order valence-corrected chi connectivity index (χ3v) is 3.82. The summed E-state index contributed by atoms with van der Waals surface area (Å²) >= 11 is 1.55. The molecule has 108 valence electrons. The van der Waals surface area contributed by atoms with Crippen LogP contribution in [0.25, 0.3) is 0 Å². The molecule has 20 heavy (non-hydrogen) atoms. The van der Waals surface area contributed by atoms with Gasteiger partial charge in [-0.15, -0.1) is 11.3 Å². The Hall–Kier alpha value is -2.09. The SMILES string of the molecule is Cc1ccc(CN2C(=O)OC[C@H]2C(=O)NCC(N)=O)s1. The summed E-state index contributed by atoms with van der Waals surface area (Å²) in [5.41, 5.74) is 4.96. The van der Waals surface area contributed by atoms with Crippen LogP contribution in [0.4, 0.5) is 4.79 Å². The Kier molecular flexibility index (Phi) is 4.23. The first-order valence-electron chi connectivity index (χ1n) is 6.02. The van der Waals surface area contributed by atoms with Crippen LogP contribution in [0.5, 0.6) is 0 Å². The van der Waals surface area contributed by atoms with Crippen LogP contribution in [-0.2, 0) is 20.9 Å². The molecule has 0 unspecified atom stereocenters. The maximum atomic E-state index is 11.9. The molecule has 3 N–H and O–H groups in total. The molecule has 0 spiro atoms. The normalized spacial score (nSPS) is 17.9. The highest BCUT2D eigenvalue weighted by Crippen LogP contribution is 2.21. The summed E-state index contributed by atoms with van der Waals surface area (Å²) < 4.78 is 4.90. The highest BCUT2D eigenvalue weighted by molar-refractivity contribution is 7.11. The third-order valence-electron chi connectivity index (χ3n) is 2.84. The summed E-state index contributed by atoms with van der Waals surface area (Å²) in [5, 5.41) is 2.38. The molecule has 1 aliphatic rings. The largest absolute Gasteiger partial charge is 0.447 e. The van der Waals surface area contributed by atoms with Gasteiger partial charge in [0.25, 0.3) is 0 Å². The van der Waals surface area contributed by atoms with Crippen LogP contribution < -0.4 is 11.1 Å². The zero-order valence-corrected chi connectivity index (χ0v) is 11.7. The highest BCUT2D eigenvalue weighted by Gasteiger charge is 2.38. The van der Waals surface area contributed by atoms with Crippen molar-refractivity contribution in [2.75, 3.05) is 13.2 Å². The highest BCUT2D eigenvalue weighted by atomic mass is 32.1. The minimum Gasteiger partial charge on any atom is -0.447 e. The summed E-state index contributed by atoms with van der Waals surface area (Å²) in [4.78, 5) is 37.7. The Morgan fingerprint density at radius 2 is 2.30 bits per heavy atom. The fourth-order valence-corrected chi connectivity index (χ4v) is 2.76. The number of rotatable bonds is 5. The molecule has 0 bridgehead atoms. The van der Waals surface area contributed by atoms with E-state index in [1.807, 2.05) is 19.1 Å². The van der Waals surface area contributed by atoms with Crippen molar-refractivity contribution in [1.82, 2.24) is 10.2 Å². The van der Waals surface area contributed by atoms with Gasteiger partial charge in [-0.1, -0.05) is 0 Å². The fraction of sp³-hybridized carbons (Fsp3) is 0.417. The third kappa shape index (κ3) is 3.27. The summed E-state index contributed by atoms with van der Waals surface area (Å²) in [5.74, 6) is -1.08. The first-order chi connectivity index (χ1) is 9.47. The number of nitrogens with one attached hydrogen (secondary N) is 1. The van der Waals surface area contributed by atoms with Crippen LogP contribution in [0, 0.1) is 6.92 Å². The standard InChI is InChI=1S/C12H15N3O4S/c1-7-2-3-8(20-7)5-15-9(6-19-12(15)18)11(17)14-4-10(13)16/h2-3,9H,4-6H2,1H3,(H2,13,16)(H,14,17)/t9-/m0/s1. The lowest BCUT2D eigenvalue weighted by molar-refractivity contribution is -0.127. The van der Waals surface area contributed by atoms with E-state index in [1.165, 1.54) is 4.90 Å². The lowest BCUT2D eigenvalue weighted by atomic mass is 10.2. The number of carbonyl (C=O) groups is 3. The van der Waals surface area contributed by atoms with Gasteiger partial charge >= 0.3 is 6.09 Å². The number of ether oxygens (including phenoxy) is 1. The van der Waals surface area contributed by atoms with Crippen molar-refractivity contribution in [2.24, 2.45) is 5.73 Å². The molecule has 8 heteroatoms. The zero-order valence-electron chi connectivity index (χ0n) is 10.9. The van der Waals surface area contributed by atoms with Crippen LogP contribution in [0.1, 0.15) is 9.75 Å². The van der Waals surface area contributed by atoms with Crippen LogP contribution in [-0.4, -0.2) is 42.0 Å². The molecule has 2 heterocycles. The second kappa shape index (κ2) is 5.91. The van der Waals surface area contributed by atoms with E-state index in [9.17, 15) is 14.4 Å². The molecule has 0 aliphatic carbocycles. The Bertz CT molecular complexity index is 543. The van der Waals surface area contributed by atoms with Crippen LogP contribution >= 0.6 is 11.3 Å². The summed E-state index contributed by atoms with van der Waals surface area (Å²) in [6.45, 7) is 2.00. The molecule has 1 aliphatic heterocycles. The van der Waals surface area contributed by atoms with E-state index in [1.54, 1.807) is 11.3 Å². The molecule has 0 radical (unpaired) electrons. The number of nitrogens with two attached hydrogens (primary N) is 1. The Balaban J connectivity index is 2.02. The first kappa shape index (κ1) is 14.3. The van der Waals surface area contributed by atoms with E-state index in [0.29, 0.717) is 6.54 Å². The lowest BCUT2D eigenvalue weighted by Crippen LogP contribution is -2.47. The number of nitrogens with zero attached hydrogens (tertiary/aromatic N) is 1. The molecule has 0 saturated carbocycles. The Morgan fingerprint density at radius 3 is 2.90 bits per heavy atom. The van der Waals surface area contributed by atoms with E-state index in [2.05, 4.69) is 5.32 Å². The van der Waals surface area contributed by atoms with E-state index in [4.69, 9.17) is 10.5 Å². The van der Waals surface area contributed by atoms with E-state index < -0.39 is 23.9 Å². The number of carbonyl (C=O) groups excluding carboxylic acids is 3. The van der Waals surface area contributed by atoms with Gasteiger partial charge in [0.05, 0.1) is 13.1 Å². The number of thiophene rings is 1. The summed E-state index contributed by atoms with van der Waals surface area (Å²) in [7, 11) is 0. The van der Waals surface area contributed by atoms with Crippen molar-refractivity contribution < 1.29 is 19.1 Å². The Morgan fingerprint density at radius 1 is 1.55 bits per heavy atom. The van der Waals surface area contributed by atoms with Crippen molar-refractivity contribution in [3.63, 3.8) is 0 Å². The van der Waals surface area contributed by atoms with Gasteiger partial charge in [-0.2, -0.15) is 0 Å². The number of cyclic esters (lactones) is 1. The molecule has 1 fully saturated rings. The van der Waals surface area contributed by atoms with E-state index in [0.717, 1.165) is 9.75 Å². The minimum atomic E-state index is -0.732. The second-order valence-corrected chi connectivity index (χ2v) is 5.79. The number of amides is 3. The van der Waals surface area contributed by atoms with Gasteiger partial charge in [-0.3, -0.25) is 14.5 Å². The predicted molar refractivity (Wildman–Crippen MR) is 71.9 cm³/mol. The predicted octanol–water partition coefficient (Wildman–Crippen LogP) is -0.0212. The average molecular weight is 297 g/mol. The zero-order chi connectivity index (χ0) is 14.7. The van der Waals surface area contributed by atoms with Gasteiger partial charge in [-0.25, -0.2) is 4.79 Å². The van der Waals surface area contributed by atoms with Crippen LogP contribution in [0.3, 0.4) is 0 Å². The van der Waals surface area contributed by atoms with Gasteiger partial charge < -0.3 is 15.8 Å². The van der Waals surface area contributed by atoms with Gasteiger partial charge in [0.15, 0.2) is 0 Å². The topological polar surface area (TPSA) is 102 Å². The second-order valence-electron chi connectivity index (χ2n) is 4.42. The molecular weight excluding hydrogens is 282 g/mol. The van der Waals surface area contributed by atoms with Gasteiger partial charge in [-0.05, 0) is 19.1 Å². The maximum absolute atomic E-state index is 11.9. The van der Waals surface area contributed by atoms with Crippen molar-refractivity contribution in [1.29, 1.82) is 0 Å².